The molecule has 0 unspecified atom stereocenters. The van der Waals surface area contributed by atoms with Crippen LogP contribution in [0.4, 0.5) is 5.13 Å². The summed E-state index contributed by atoms with van der Waals surface area (Å²) in [4.78, 5) is 20.9. The largest absolute Gasteiger partial charge is 0.454 e. The summed E-state index contributed by atoms with van der Waals surface area (Å²) in [6.45, 7) is 0.773. The third kappa shape index (κ3) is 3.73. The number of nitrogens with one attached hydrogen (secondary N) is 1. The number of thiazole rings is 1. The fourth-order valence-electron chi connectivity index (χ4n) is 2.49. The molecular formula is C19H16N4O2S. The summed E-state index contributed by atoms with van der Waals surface area (Å²) >= 11 is 1.38. The van der Waals surface area contributed by atoms with Crippen molar-refractivity contribution in [3.8, 4) is 0 Å². The predicted octanol–water partition coefficient (Wildman–Crippen LogP) is 3.76. The fraction of sp³-hybridized carbons (Fsp3) is 0.105. The third-order valence-corrected chi connectivity index (χ3v) is 4.56. The summed E-state index contributed by atoms with van der Waals surface area (Å²) in [6, 6.07) is 15.7. The van der Waals surface area contributed by atoms with Crippen LogP contribution in [0, 0.1) is 0 Å². The van der Waals surface area contributed by atoms with Gasteiger partial charge in [0, 0.05) is 24.3 Å². The predicted molar refractivity (Wildman–Crippen MR) is 100 cm³/mol. The van der Waals surface area contributed by atoms with E-state index in [1.165, 1.54) is 11.3 Å². The molecular weight excluding hydrogens is 348 g/mol. The molecule has 0 bridgehead atoms. The van der Waals surface area contributed by atoms with Crippen LogP contribution in [-0.4, -0.2) is 20.3 Å². The van der Waals surface area contributed by atoms with Crippen LogP contribution in [0.15, 0.2) is 66.3 Å². The van der Waals surface area contributed by atoms with Crippen molar-refractivity contribution in [1.82, 2.24) is 14.4 Å². The minimum atomic E-state index is -0.453. The lowest BCUT2D eigenvalue weighted by atomic mass is 10.2. The van der Waals surface area contributed by atoms with Crippen LogP contribution in [0.25, 0.3) is 5.65 Å². The van der Waals surface area contributed by atoms with Crippen LogP contribution in [-0.2, 0) is 17.9 Å². The highest BCUT2D eigenvalue weighted by molar-refractivity contribution is 7.13. The molecule has 1 aromatic carbocycles. The molecule has 0 aliphatic carbocycles. The number of fused-ring (bicyclic) bond motifs is 1. The average Bonchev–Trinajstić information content (AvgIpc) is 3.32. The molecule has 0 spiro atoms. The standard InChI is InChI=1S/C19H16N4O2S/c24-18(25-12-15-11-23-9-5-4-8-17(23)21-15)16-13-26-19(22-16)20-10-14-6-2-1-3-7-14/h1-9,11,13H,10,12H2,(H,20,22). The Hall–Kier alpha value is -3.19. The topological polar surface area (TPSA) is 68.5 Å². The van der Waals surface area contributed by atoms with E-state index < -0.39 is 5.97 Å². The number of pyridine rings is 1. The molecule has 3 aromatic heterocycles. The quantitative estimate of drug-likeness (QED) is 0.528. The summed E-state index contributed by atoms with van der Waals surface area (Å²) < 4.78 is 7.21. The first-order valence-electron chi connectivity index (χ1n) is 8.11. The molecule has 6 nitrogen and oxygen atoms in total. The van der Waals surface area contributed by atoms with Crippen molar-refractivity contribution < 1.29 is 9.53 Å². The number of hydrogen-bond donors (Lipinski definition) is 1. The van der Waals surface area contributed by atoms with E-state index in [0.29, 0.717) is 23.1 Å². The Bertz CT molecular complexity index is 993. The van der Waals surface area contributed by atoms with Gasteiger partial charge in [0.1, 0.15) is 12.3 Å². The fourth-order valence-corrected chi connectivity index (χ4v) is 3.17. The Morgan fingerprint density at radius 1 is 1.12 bits per heavy atom. The van der Waals surface area contributed by atoms with Gasteiger partial charge in [-0.05, 0) is 17.7 Å². The number of aromatic nitrogens is 3. The number of hydrogen-bond acceptors (Lipinski definition) is 6. The maximum absolute atomic E-state index is 12.2. The Morgan fingerprint density at radius 3 is 2.81 bits per heavy atom. The van der Waals surface area contributed by atoms with Crippen LogP contribution >= 0.6 is 11.3 Å². The molecule has 0 radical (unpaired) electrons. The number of nitrogens with zero attached hydrogens (tertiary/aromatic N) is 3. The highest BCUT2D eigenvalue weighted by Gasteiger charge is 2.13. The minimum Gasteiger partial charge on any atom is -0.454 e. The number of rotatable bonds is 6. The van der Waals surface area contributed by atoms with E-state index in [2.05, 4.69) is 15.3 Å². The van der Waals surface area contributed by atoms with Crippen LogP contribution in [0.2, 0.25) is 0 Å². The van der Waals surface area contributed by atoms with Crippen LogP contribution in [0.5, 0.6) is 0 Å². The van der Waals surface area contributed by atoms with Crippen molar-refractivity contribution in [2.45, 2.75) is 13.2 Å². The van der Waals surface area contributed by atoms with E-state index in [4.69, 9.17) is 4.74 Å². The zero-order valence-electron chi connectivity index (χ0n) is 13.8. The molecule has 0 aliphatic heterocycles. The molecule has 4 aromatic rings. The van der Waals surface area contributed by atoms with Crippen LogP contribution in [0.3, 0.4) is 0 Å². The van der Waals surface area contributed by atoms with E-state index in [1.807, 2.05) is 65.3 Å². The number of anilines is 1. The lowest BCUT2D eigenvalue weighted by Gasteiger charge is -2.02. The molecule has 130 valence electrons. The van der Waals surface area contributed by atoms with Gasteiger partial charge in [-0.2, -0.15) is 0 Å². The van der Waals surface area contributed by atoms with Gasteiger partial charge < -0.3 is 14.5 Å². The first-order valence-corrected chi connectivity index (χ1v) is 8.99. The number of benzene rings is 1. The van der Waals surface area contributed by atoms with Crippen LogP contribution in [0.1, 0.15) is 21.7 Å². The van der Waals surface area contributed by atoms with Crippen LogP contribution < -0.4 is 5.32 Å². The van der Waals surface area contributed by atoms with Gasteiger partial charge in [0.15, 0.2) is 10.8 Å². The Balaban J connectivity index is 1.34. The van der Waals surface area contributed by atoms with Crippen molar-refractivity contribution in [3.05, 3.63) is 83.3 Å². The summed E-state index contributed by atoms with van der Waals surface area (Å²) in [6.07, 6.45) is 3.75. The second kappa shape index (κ2) is 7.37. The third-order valence-electron chi connectivity index (χ3n) is 3.76. The van der Waals surface area contributed by atoms with Gasteiger partial charge in [0.2, 0.25) is 0 Å². The smallest absolute Gasteiger partial charge is 0.358 e. The van der Waals surface area contributed by atoms with Crippen molar-refractivity contribution in [2.75, 3.05) is 5.32 Å². The number of carbonyl (C=O) groups excluding carboxylic acids is 1. The molecule has 0 fully saturated rings. The van der Waals surface area contributed by atoms with Crippen molar-refractivity contribution >= 4 is 28.1 Å². The number of ether oxygens (including phenoxy) is 1. The molecule has 4 rings (SSSR count). The minimum absolute atomic E-state index is 0.116. The normalized spacial score (nSPS) is 10.8. The van der Waals surface area contributed by atoms with E-state index in [9.17, 15) is 4.79 Å². The van der Waals surface area contributed by atoms with Gasteiger partial charge >= 0.3 is 5.97 Å². The zero-order valence-corrected chi connectivity index (χ0v) is 14.6. The van der Waals surface area contributed by atoms with Gasteiger partial charge in [-0.3, -0.25) is 0 Å². The summed E-state index contributed by atoms with van der Waals surface area (Å²) in [5, 5.41) is 5.59. The Kier molecular flexibility index (Phi) is 4.61. The zero-order chi connectivity index (χ0) is 17.8. The van der Waals surface area contributed by atoms with Gasteiger partial charge in [-0.15, -0.1) is 11.3 Å². The number of esters is 1. The van der Waals surface area contributed by atoms with E-state index in [0.717, 1.165) is 11.2 Å². The maximum Gasteiger partial charge on any atom is 0.358 e. The first-order chi connectivity index (χ1) is 12.8. The molecule has 1 N–H and O–H groups in total. The lowest BCUT2D eigenvalue weighted by Crippen LogP contribution is -2.06. The highest BCUT2D eigenvalue weighted by Crippen LogP contribution is 2.17. The average molecular weight is 364 g/mol. The summed E-state index contributed by atoms with van der Waals surface area (Å²) in [7, 11) is 0. The highest BCUT2D eigenvalue weighted by atomic mass is 32.1. The Labute approximate surface area is 154 Å². The molecule has 0 amide bonds. The first kappa shape index (κ1) is 16.3. The van der Waals surface area contributed by atoms with Gasteiger partial charge in [-0.25, -0.2) is 14.8 Å². The molecule has 0 saturated carbocycles. The van der Waals surface area contributed by atoms with Crippen molar-refractivity contribution in [1.29, 1.82) is 0 Å². The monoisotopic (exact) mass is 364 g/mol. The molecule has 3 heterocycles. The van der Waals surface area contributed by atoms with Gasteiger partial charge in [0.25, 0.3) is 0 Å². The van der Waals surface area contributed by atoms with Gasteiger partial charge in [-0.1, -0.05) is 36.4 Å². The maximum atomic E-state index is 12.2. The molecule has 0 atom stereocenters. The number of carbonyl (C=O) groups is 1. The SMILES string of the molecule is O=C(OCc1cn2ccccc2n1)c1csc(NCc2ccccc2)n1. The summed E-state index contributed by atoms with van der Waals surface area (Å²) in [5.74, 6) is -0.453. The molecule has 0 saturated heterocycles. The molecule has 26 heavy (non-hydrogen) atoms. The van der Waals surface area contributed by atoms with E-state index in [1.54, 1.807) is 5.38 Å². The molecule has 7 heteroatoms. The lowest BCUT2D eigenvalue weighted by molar-refractivity contribution is 0.0462. The second-order valence-electron chi connectivity index (χ2n) is 5.65. The Morgan fingerprint density at radius 2 is 1.96 bits per heavy atom. The van der Waals surface area contributed by atoms with E-state index in [-0.39, 0.29) is 6.61 Å². The van der Waals surface area contributed by atoms with E-state index >= 15 is 0 Å². The van der Waals surface area contributed by atoms with Crippen molar-refractivity contribution in [3.63, 3.8) is 0 Å². The molecule has 0 aliphatic rings. The van der Waals surface area contributed by atoms with Crippen molar-refractivity contribution in [2.24, 2.45) is 0 Å². The second-order valence-corrected chi connectivity index (χ2v) is 6.51. The van der Waals surface area contributed by atoms with Gasteiger partial charge in [0.05, 0.1) is 5.69 Å². The number of imidazole rings is 1. The summed E-state index contributed by atoms with van der Waals surface area (Å²) in [5.41, 5.74) is 2.97.